The summed E-state index contributed by atoms with van der Waals surface area (Å²) in [5.74, 6) is -3.17. The predicted molar refractivity (Wildman–Crippen MR) is 77.4 cm³/mol. The van der Waals surface area contributed by atoms with Gasteiger partial charge < -0.3 is 9.47 Å². The Kier molecular flexibility index (Phi) is 3.43. The molecular formula is C14H10BrF2NO4. The summed E-state index contributed by atoms with van der Waals surface area (Å²) < 4.78 is 39.2. The molecule has 5 nitrogen and oxygen atoms in total. The van der Waals surface area contributed by atoms with Gasteiger partial charge in [0.25, 0.3) is 5.56 Å². The summed E-state index contributed by atoms with van der Waals surface area (Å²) in [5, 5.41) is -0.206. The summed E-state index contributed by atoms with van der Waals surface area (Å²) in [5.41, 5.74) is -0.869. The van der Waals surface area contributed by atoms with Crippen LogP contribution in [0.15, 0.2) is 15.3 Å². The second-order valence-corrected chi connectivity index (χ2v) is 5.71. The summed E-state index contributed by atoms with van der Waals surface area (Å²) in [7, 11) is 1.11. The van der Waals surface area contributed by atoms with E-state index in [2.05, 4.69) is 20.7 Å². The summed E-state index contributed by atoms with van der Waals surface area (Å²) in [6.07, 6.45) is 0. The predicted octanol–water partition coefficient (Wildman–Crippen LogP) is 2.78. The molecular weight excluding hydrogens is 364 g/mol. The summed E-state index contributed by atoms with van der Waals surface area (Å²) in [4.78, 5) is 24.2. The Labute approximate surface area is 131 Å². The molecule has 22 heavy (non-hydrogen) atoms. The van der Waals surface area contributed by atoms with Crippen molar-refractivity contribution in [2.75, 3.05) is 13.7 Å². The Morgan fingerprint density at radius 3 is 2.77 bits per heavy atom. The van der Waals surface area contributed by atoms with Crippen molar-refractivity contribution in [3.05, 3.63) is 38.1 Å². The van der Waals surface area contributed by atoms with Crippen molar-refractivity contribution in [3.8, 4) is 5.75 Å². The second-order valence-electron chi connectivity index (χ2n) is 4.92. The van der Waals surface area contributed by atoms with E-state index in [0.717, 1.165) is 13.2 Å². The molecule has 1 aliphatic heterocycles. The maximum atomic E-state index is 14.3. The molecule has 1 aliphatic rings. The Hall–Kier alpha value is -1.96. The van der Waals surface area contributed by atoms with E-state index in [4.69, 9.17) is 4.74 Å². The first-order valence-corrected chi connectivity index (χ1v) is 7.14. The maximum Gasteiger partial charge on any atom is 0.343 e. The van der Waals surface area contributed by atoms with Crippen LogP contribution < -0.4 is 10.3 Å². The van der Waals surface area contributed by atoms with Crippen LogP contribution in [0.3, 0.4) is 0 Å². The number of carbonyl (C=O) groups excluding carboxylic acids is 1. The van der Waals surface area contributed by atoms with Gasteiger partial charge in [0.2, 0.25) is 0 Å². The molecule has 0 unspecified atom stereocenters. The molecule has 0 aliphatic carbocycles. The number of esters is 1. The minimum atomic E-state index is -1.16. The van der Waals surface area contributed by atoms with Crippen molar-refractivity contribution < 1.29 is 23.0 Å². The van der Waals surface area contributed by atoms with Gasteiger partial charge in [-0.25, -0.2) is 13.6 Å². The third kappa shape index (κ3) is 1.86. The van der Waals surface area contributed by atoms with Gasteiger partial charge in [-0.05, 0) is 28.9 Å². The minimum Gasteiger partial charge on any atom is -0.488 e. The van der Waals surface area contributed by atoms with Crippen molar-refractivity contribution in [3.63, 3.8) is 0 Å². The van der Waals surface area contributed by atoms with E-state index < -0.39 is 29.2 Å². The molecule has 0 amide bonds. The number of ether oxygens (including phenoxy) is 2. The van der Waals surface area contributed by atoms with Gasteiger partial charge in [-0.2, -0.15) is 0 Å². The lowest BCUT2D eigenvalue weighted by Crippen LogP contribution is -2.34. The third-order valence-corrected chi connectivity index (χ3v) is 4.29. The van der Waals surface area contributed by atoms with Gasteiger partial charge in [-0.1, -0.05) is 0 Å². The molecule has 116 valence electrons. The quantitative estimate of drug-likeness (QED) is 0.569. The largest absolute Gasteiger partial charge is 0.488 e. The number of halogens is 3. The number of hydrogen-bond acceptors (Lipinski definition) is 4. The van der Waals surface area contributed by atoms with Crippen LogP contribution in [0.1, 0.15) is 23.3 Å². The Morgan fingerprint density at radius 1 is 1.45 bits per heavy atom. The molecule has 2 heterocycles. The Morgan fingerprint density at radius 2 is 2.14 bits per heavy atom. The van der Waals surface area contributed by atoms with Crippen LogP contribution in [-0.4, -0.2) is 24.3 Å². The molecule has 0 spiro atoms. The van der Waals surface area contributed by atoms with E-state index in [-0.39, 0.29) is 33.3 Å². The van der Waals surface area contributed by atoms with Crippen LogP contribution in [0.4, 0.5) is 8.78 Å². The minimum absolute atomic E-state index is 0.0421. The van der Waals surface area contributed by atoms with Crippen molar-refractivity contribution in [2.24, 2.45) is 0 Å². The smallest absolute Gasteiger partial charge is 0.343 e. The van der Waals surface area contributed by atoms with E-state index >= 15 is 0 Å². The fourth-order valence-electron chi connectivity index (χ4n) is 2.54. The highest BCUT2D eigenvalue weighted by Crippen LogP contribution is 2.41. The molecule has 0 saturated heterocycles. The lowest BCUT2D eigenvalue weighted by molar-refractivity contribution is 0.0597. The number of benzene rings is 1. The van der Waals surface area contributed by atoms with Gasteiger partial charge >= 0.3 is 5.97 Å². The van der Waals surface area contributed by atoms with Crippen LogP contribution in [0, 0.1) is 11.6 Å². The Balaban J connectivity index is 2.57. The van der Waals surface area contributed by atoms with Crippen molar-refractivity contribution in [1.29, 1.82) is 0 Å². The van der Waals surface area contributed by atoms with Crippen molar-refractivity contribution in [2.45, 2.75) is 13.0 Å². The number of methoxy groups -OCH3 is 1. The molecule has 0 fully saturated rings. The first-order chi connectivity index (χ1) is 10.4. The normalized spacial score (nSPS) is 16.5. The average molecular weight is 374 g/mol. The highest BCUT2D eigenvalue weighted by molar-refractivity contribution is 9.10. The van der Waals surface area contributed by atoms with E-state index in [1.807, 2.05) is 0 Å². The number of nitrogens with zero attached hydrogens (tertiary/aromatic N) is 1. The van der Waals surface area contributed by atoms with E-state index in [1.54, 1.807) is 6.92 Å². The van der Waals surface area contributed by atoms with Gasteiger partial charge in [-0.3, -0.25) is 9.36 Å². The molecule has 0 N–H and O–H groups in total. The molecule has 0 saturated carbocycles. The van der Waals surface area contributed by atoms with Crippen molar-refractivity contribution in [1.82, 2.24) is 4.57 Å². The number of rotatable bonds is 1. The summed E-state index contributed by atoms with van der Waals surface area (Å²) in [6.45, 7) is 1.77. The fraction of sp³-hybridized carbons (Fsp3) is 0.286. The zero-order valence-electron chi connectivity index (χ0n) is 11.6. The number of pyridine rings is 1. The van der Waals surface area contributed by atoms with Crippen LogP contribution in [0.25, 0.3) is 10.9 Å². The van der Waals surface area contributed by atoms with Crippen LogP contribution in [0.2, 0.25) is 0 Å². The molecule has 0 radical (unpaired) electrons. The lowest BCUT2D eigenvalue weighted by atomic mass is 10.1. The first kappa shape index (κ1) is 15.0. The molecule has 0 bridgehead atoms. The van der Waals surface area contributed by atoms with Gasteiger partial charge in [0.15, 0.2) is 17.4 Å². The van der Waals surface area contributed by atoms with Gasteiger partial charge in [-0.15, -0.1) is 0 Å². The van der Waals surface area contributed by atoms with Crippen LogP contribution in [-0.2, 0) is 4.74 Å². The highest BCUT2D eigenvalue weighted by atomic mass is 79.9. The molecule has 2 aromatic rings. The summed E-state index contributed by atoms with van der Waals surface area (Å²) >= 11 is 2.94. The molecule has 1 aromatic heterocycles. The molecule has 1 aromatic carbocycles. The molecule has 1 atom stereocenters. The standard InChI is InChI=1S/C14H10BrF2NO4/c1-5-4-22-12-8(15)10(17)9(16)6-3-7(14(20)21-2)13(19)18(5)11(6)12/h3,5H,4H2,1-2H3/t5-/m0/s1. The first-order valence-electron chi connectivity index (χ1n) is 6.35. The number of aromatic nitrogens is 1. The van der Waals surface area contributed by atoms with Crippen molar-refractivity contribution >= 4 is 32.8 Å². The van der Waals surface area contributed by atoms with E-state index in [9.17, 15) is 18.4 Å². The van der Waals surface area contributed by atoms with Gasteiger partial charge in [0.05, 0.1) is 18.7 Å². The monoisotopic (exact) mass is 373 g/mol. The molecule has 3 rings (SSSR count). The SMILES string of the molecule is COC(=O)c1cc2c(F)c(F)c(Br)c3c2n(c1=O)[C@@H](C)CO3. The fourth-order valence-corrected chi connectivity index (χ4v) is 3.02. The van der Waals surface area contributed by atoms with Crippen LogP contribution in [0.5, 0.6) is 5.75 Å². The zero-order chi connectivity index (χ0) is 16.2. The zero-order valence-corrected chi connectivity index (χ0v) is 13.2. The lowest BCUT2D eigenvalue weighted by Gasteiger charge is -2.27. The molecule has 8 heteroatoms. The van der Waals surface area contributed by atoms with Gasteiger partial charge in [0, 0.05) is 5.39 Å². The number of hydrogen-bond donors (Lipinski definition) is 0. The topological polar surface area (TPSA) is 57.5 Å². The average Bonchev–Trinajstić information content (AvgIpc) is 2.51. The van der Waals surface area contributed by atoms with Crippen LogP contribution >= 0.6 is 15.9 Å². The Bertz CT molecular complexity index is 878. The number of carbonyl (C=O) groups is 1. The highest BCUT2D eigenvalue weighted by Gasteiger charge is 2.30. The third-order valence-electron chi connectivity index (χ3n) is 3.59. The maximum absolute atomic E-state index is 14.3. The van der Waals surface area contributed by atoms with E-state index in [1.165, 1.54) is 4.57 Å². The second kappa shape index (κ2) is 5.05. The van der Waals surface area contributed by atoms with Gasteiger partial charge in [0.1, 0.15) is 16.6 Å². The van der Waals surface area contributed by atoms with E-state index in [0.29, 0.717) is 0 Å². The summed E-state index contributed by atoms with van der Waals surface area (Å²) in [6, 6.07) is 0.555.